The van der Waals surface area contributed by atoms with Crippen molar-refractivity contribution in [3.63, 3.8) is 0 Å². The Morgan fingerprint density at radius 2 is 2.26 bits per heavy atom. The van der Waals surface area contributed by atoms with Gasteiger partial charge in [0.05, 0.1) is 6.04 Å². The normalized spacial score (nSPS) is 16.5. The van der Waals surface area contributed by atoms with Gasteiger partial charge in [0, 0.05) is 23.2 Å². The van der Waals surface area contributed by atoms with E-state index in [1.54, 1.807) is 24.1 Å². The first kappa shape index (κ1) is 14.3. The van der Waals surface area contributed by atoms with E-state index in [-0.39, 0.29) is 17.8 Å². The highest BCUT2D eigenvalue weighted by molar-refractivity contribution is 6.31. The zero-order valence-corrected chi connectivity index (χ0v) is 11.9. The van der Waals surface area contributed by atoms with Crippen LogP contribution in [0.15, 0.2) is 18.2 Å². The number of rotatable bonds is 5. The predicted molar refractivity (Wildman–Crippen MR) is 73.5 cm³/mol. The summed E-state index contributed by atoms with van der Waals surface area (Å²) in [5.74, 6) is -0.355. The van der Waals surface area contributed by atoms with Crippen molar-refractivity contribution in [1.82, 2.24) is 10.2 Å². The van der Waals surface area contributed by atoms with Crippen molar-refractivity contribution >= 4 is 17.5 Å². The maximum absolute atomic E-state index is 13.7. The number of hydrogen-bond donors (Lipinski definition) is 1. The van der Waals surface area contributed by atoms with Gasteiger partial charge in [0.2, 0.25) is 5.91 Å². The summed E-state index contributed by atoms with van der Waals surface area (Å²) in [7, 11) is 1.79. The molecule has 1 saturated carbocycles. The van der Waals surface area contributed by atoms with Crippen molar-refractivity contribution in [3.8, 4) is 0 Å². The standard InChI is InChI=1S/C14H18ClFN2O/c1-9(14(19)17-10-6-7-10)18(2)8-11-12(15)4-3-5-13(11)16/h3-5,9-10H,6-8H2,1-2H3,(H,17,19)/t9-/m1/s1. The molecule has 1 aromatic rings. The fourth-order valence-corrected chi connectivity index (χ4v) is 2.04. The van der Waals surface area contributed by atoms with Crippen molar-refractivity contribution in [2.45, 2.75) is 38.4 Å². The van der Waals surface area contributed by atoms with E-state index in [1.165, 1.54) is 6.07 Å². The SMILES string of the molecule is C[C@H](C(=O)NC1CC1)N(C)Cc1c(F)cccc1Cl. The molecule has 0 unspecified atom stereocenters. The number of carbonyl (C=O) groups excluding carboxylic acids is 1. The molecule has 1 aliphatic rings. The third kappa shape index (κ3) is 3.67. The van der Waals surface area contributed by atoms with E-state index < -0.39 is 0 Å². The van der Waals surface area contributed by atoms with Crippen LogP contribution in [0.1, 0.15) is 25.3 Å². The minimum absolute atomic E-state index is 0.0162. The molecule has 1 amide bonds. The van der Waals surface area contributed by atoms with Gasteiger partial charge < -0.3 is 5.32 Å². The van der Waals surface area contributed by atoms with E-state index in [1.807, 2.05) is 6.92 Å². The number of hydrogen-bond acceptors (Lipinski definition) is 2. The van der Waals surface area contributed by atoms with Crippen LogP contribution in [0.2, 0.25) is 5.02 Å². The molecule has 19 heavy (non-hydrogen) atoms. The average molecular weight is 285 g/mol. The molecule has 3 nitrogen and oxygen atoms in total. The number of halogens is 2. The molecule has 0 heterocycles. The molecule has 0 saturated heterocycles. The lowest BCUT2D eigenvalue weighted by Crippen LogP contribution is -2.43. The van der Waals surface area contributed by atoms with Gasteiger partial charge in [-0.25, -0.2) is 4.39 Å². The van der Waals surface area contributed by atoms with Crippen molar-refractivity contribution < 1.29 is 9.18 Å². The molecule has 1 aromatic carbocycles. The number of nitrogens with one attached hydrogen (secondary N) is 1. The van der Waals surface area contributed by atoms with Crippen molar-refractivity contribution in [2.75, 3.05) is 7.05 Å². The van der Waals surface area contributed by atoms with E-state index in [0.717, 1.165) is 12.8 Å². The van der Waals surface area contributed by atoms with Gasteiger partial charge in [0.25, 0.3) is 0 Å². The molecule has 0 aliphatic heterocycles. The van der Waals surface area contributed by atoms with Crippen LogP contribution < -0.4 is 5.32 Å². The van der Waals surface area contributed by atoms with E-state index in [0.29, 0.717) is 23.2 Å². The topological polar surface area (TPSA) is 32.3 Å². The summed E-state index contributed by atoms with van der Waals surface area (Å²) in [6.45, 7) is 2.12. The third-order valence-electron chi connectivity index (χ3n) is 3.43. The molecular formula is C14H18ClFN2O. The van der Waals surface area contributed by atoms with Crippen LogP contribution in [0.3, 0.4) is 0 Å². The first-order valence-electron chi connectivity index (χ1n) is 6.42. The highest BCUT2D eigenvalue weighted by atomic mass is 35.5. The molecule has 2 rings (SSSR count). The second-order valence-corrected chi connectivity index (χ2v) is 5.48. The second-order valence-electron chi connectivity index (χ2n) is 5.07. The van der Waals surface area contributed by atoms with Gasteiger partial charge in [-0.2, -0.15) is 0 Å². The molecular weight excluding hydrogens is 267 g/mol. The molecule has 1 aliphatic carbocycles. The number of nitrogens with zero attached hydrogens (tertiary/aromatic N) is 1. The fraction of sp³-hybridized carbons (Fsp3) is 0.500. The van der Waals surface area contributed by atoms with Crippen LogP contribution in [0.25, 0.3) is 0 Å². The first-order chi connectivity index (χ1) is 8.99. The molecule has 1 N–H and O–H groups in total. The van der Waals surface area contributed by atoms with Crippen molar-refractivity contribution in [3.05, 3.63) is 34.6 Å². The highest BCUT2D eigenvalue weighted by Crippen LogP contribution is 2.22. The summed E-state index contributed by atoms with van der Waals surface area (Å²) < 4.78 is 13.7. The average Bonchev–Trinajstić information content (AvgIpc) is 3.16. The lowest BCUT2D eigenvalue weighted by atomic mass is 10.1. The Bertz CT molecular complexity index is 456. The predicted octanol–water partition coefficient (Wildman–Crippen LogP) is 2.58. The lowest BCUT2D eigenvalue weighted by Gasteiger charge is -2.24. The summed E-state index contributed by atoms with van der Waals surface area (Å²) >= 11 is 5.98. The van der Waals surface area contributed by atoms with Crippen LogP contribution in [-0.4, -0.2) is 29.9 Å². The molecule has 0 aromatic heterocycles. The Morgan fingerprint density at radius 3 is 2.84 bits per heavy atom. The molecule has 1 atom stereocenters. The first-order valence-corrected chi connectivity index (χ1v) is 6.80. The minimum Gasteiger partial charge on any atom is -0.352 e. The second kappa shape index (κ2) is 5.88. The molecule has 104 valence electrons. The Labute approximate surface area is 117 Å². The smallest absolute Gasteiger partial charge is 0.237 e. The van der Waals surface area contributed by atoms with Crippen molar-refractivity contribution in [1.29, 1.82) is 0 Å². The van der Waals surface area contributed by atoms with Crippen LogP contribution in [0.4, 0.5) is 4.39 Å². The van der Waals surface area contributed by atoms with Gasteiger partial charge in [-0.3, -0.25) is 9.69 Å². The van der Waals surface area contributed by atoms with Gasteiger partial charge in [0.15, 0.2) is 0 Å². The van der Waals surface area contributed by atoms with Gasteiger partial charge in [-0.15, -0.1) is 0 Å². The van der Waals surface area contributed by atoms with Crippen LogP contribution in [-0.2, 0) is 11.3 Å². The maximum Gasteiger partial charge on any atom is 0.237 e. The van der Waals surface area contributed by atoms with Crippen molar-refractivity contribution in [2.24, 2.45) is 0 Å². The lowest BCUT2D eigenvalue weighted by molar-refractivity contribution is -0.125. The third-order valence-corrected chi connectivity index (χ3v) is 3.79. The Morgan fingerprint density at radius 1 is 1.58 bits per heavy atom. The summed E-state index contributed by atoms with van der Waals surface area (Å²) in [5.41, 5.74) is 0.428. The summed E-state index contributed by atoms with van der Waals surface area (Å²) in [6, 6.07) is 4.63. The Kier molecular flexibility index (Phi) is 4.42. The van der Waals surface area contributed by atoms with Gasteiger partial charge in [-0.05, 0) is 38.9 Å². The van der Waals surface area contributed by atoms with E-state index in [4.69, 9.17) is 11.6 Å². The number of benzene rings is 1. The van der Waals surface area contributed by atoms with Gasteiger partial charge in [0.1, 0.15) is 5.82 Å². The Hall–Kier alpha value is -1.13. The summed E-state index contributed by atoms with van der Waals surface area (Å²) in [4.78, 5) is 13.7. The van der Waals surface area contributed by atoms with E-state index >= 15 is 0 Å². The quantitative estimate of drug-likeness (QED) is 0.901. The van der Waals surface area contributed by atoms with Gasteiger partial charge >= 0.3 is 0 Å². The molecule has 0 bridgehead atoms. The minimum atomic E-state index is -0.339. The molecule has 5 heteroatoms. The zero-order chi connectivity index (χ0) is 14.0. The van der Waals surface area contributed by atoms with Crippen LogP contribution in [0, 0.1) is 5.82 Å². The van der Waals surface area contributed by atoms with Crippen LogP contribution in [0.5, 0.6) is 0 Å². The molecule has 1 fully saturated rings. The number of amides is 1. The maximum atomic E-state index is 13.7. The largest absolute Gasteiger partial charge is 0.352 e. The molecule has 0 radical (unpaired) electrons. The summed E-state index contributed by atoms with van der Waals surface area (Å²) in [6.07, 6.45) is 2.11. The fourth-order valence-electron chi connectivity index (χ4n) is 1.82. The summed E-state index contributed by atoms with van der Waals surface area (Å²) in [5, 5.41) is 3.33. The number of carbonyl (C=O) groups is 1. The van der Waals surface area contributed by atoms with E-state index in [2.05, 4.69) is 5.32 Å². The number of likely N-dealkylation sites (N-methyl/N-ethyl adjacent to an activating group) is 1. The Balaban J connectivity index is 1.99. The monoisotopic (exact) mass is 284 g/mol. The van der Waals surface area contributed by atoms with Crippen LogP contribution >= 0.6 is 11.6 Å². The molecule has 0 spiro atoms. The highest BCUT2D eigenvalue weighted by Gasteiger charge is 2.27. The van der Waals surface area contributed by atoms with E-state index in [9.17, 15) is 9.18 Å². The zero-order valence-electron chi connectivity index (χ0n) is 11.1. The van der Waals surface area contributed by atoms with Gasteiger partial charge in [-0.1, -0.05) is 17.7 Å².